The van der Waals surface area contributed by atoms with E-state index in [1.165, 1.54) is 12.8 Å². The molecule has 5 heteroatoms. The number of hydrogen-bond acceptors (Lipinski definition) is 2. The van der Waals surface area contributed by atoms with E-state index in [1.54, 1.807) is 6.92 Å². The minimum absolute atomic E-state index is 0.144. The van der Waals surface area contributed by atoms with Gasteiger partial charge in [0.2, 0.25) is 0 Å². The predicted molar refractivity (Wildman–Crippen MR) is 73.9 cm³/mol. The van der Waals surface area contributed by atoms with Crippen LogP contribution in [0.4, 0.5) is 4.79 Å². The molecule has 0 heterocycles. The van der Waals surface area contributed by atoms with E-state index < -0.39 is 5.97 Å². The molecule has 0 aliphatic heterocycles. The molecule has 1 rings (SSSR count). The van der Waals surface area contributed by atoms with Gasteiger partial charge in [-0.2, -0.15) is 0 Å². The van der Waals surface area contributed by atoms with Gasteiger partial charge in [-0.15, -0.1) is 0 Å². The number of aliphatic carboxylic acids is 1. The first-order valence-electron chi connectivity index (χ1n) is 7.12. The van der Waals surface area contributed by atoms with E-state index in [4.69, 9.17) is 5.11 Å². The van der Waals surface area contributed by atoms with Crippen molar-refractivity contribution in [3.8, 4) is 0 Å². The second-order valence-electron chi connectivity index (χ2n) is 6.01. The molecule has 2 amide bonds. The highest BCUT2D eigenvalue weighted by molar-refractivity contribution is 5.73. The van der Waals surface area contributed by atoms with Gasteiger partial charge in [0.25, 0.3) is 0 Å². The smallest absolute Gasteiger partial charge is 0.314 e. The van der Waals surface area contributed by atoms with Crippen LogP contribution in [0.25, 0.3) is 0 Å². The van der Waals surface area contributed by atoms with E-state index >= 15 is 0 Å². The number of carboxylic acids is 1. The molecule has 0 aromatic heterocycles. The Bertz CT molecular complexity index is 325. The van der Waals surface area contributed by atoms with Crippen molar-refractivity contribution in [2.45, 2.75) is 46.5 Å². The highest BCUT2D eigenvalue weighted by Gasteiger charge is 2.45. The van der Waals surface area contributed by atoms with Crippen LogP contribution in [-0.4, -0.2) is 30.2 Å². The van der Waals surface area contributed by atoms with Crippen LogP contribution < -0.4 is 10.6 Å². The summed E-state index contributed by atoms with van der Waals surface area (Å²) in [7, 11) is 0. The number of urea groups is 1. The Hall–Kier alpha value is -1.26. The van der Waals surface area contributed by atoms with Gasteiger partial charge in [-0.25, -0.2) is 4.79 Å². The Morgan fingerprint density at radius 3 is 2.32 bits per heavy atom. The number of carbonyl (C=O) groups is 2. The molecule has 1 unspecified atom stereocenters. The maximum Gasteiger partial charge on any atom is 0.314 e. The van der Waals surface area contributed by atoms with E-state index in [0.717, 1.165) is 6.54 Å². The van der Waals surface area contributed by atoms with Gasteiger partial charge in [0.1, 0.15) is 0 Å². The Kier molecular flexibility index (Phi) is 5.63. The van der Waals surface area contributed by atoms with Crippen molar-refractivity contribution in [1.29, 1.82) is 0 Å². The fourth-order valence-corrected chi connectivity index (χ4v) is 2.17. The van der Waals surface area contributed by atoms with E-state index in [0.29, 0.717) is 30.7 Å². The summed E-state index contributed by atoms with van der Waals surface area (Å²) in [5.74, 6) is -0.526. The van der Waals surface area contributed by atoms with Gasteiger partial charge in [-0.1, -0.05) is 20.8 Å². The van der Waals surface area contributed by atoms with Crippen LogP contribution in [0, 0.1) is 17.3 Å². The maximum atomic E-state index is 11.6. The first-order chi connectivity index (χ1) is 8.87. The summed E-state index contributed by atoms with van der Waals surface area (Å²) in [6, 6.07) is -0.144. The molecule has 110 valence electrons. The third kappa shape index (κ3) is 5.09. The van der Waals surface area contributed by atoms with Gasteiger partial charge in [0.15, 0.2) is 0 Å². The highest BCUT2D eigenvalue weighted by atomic mass is 16.4. The van der Waals surface area contributed by atoms with Crippen molar-refractivity contribution < 1.29 is 14.7 Å². The summed E-state index contributed by atoms with van der Waals surface area (Å²) in [5.41, 5.74) is 0.315. The van der Waals surface area contributed by atoms with Crippen molar-refractivity contribution in [1.82, 2.24) is 10.6 Å². The Balaban J connectivity index is 2.07. The lowest BCUT2D eigenvalue weighted by Crippen LogP contribution is -2.40. The molecule has 3 N–H and O–H groups in total. The minimum Gasteiger partial charge on any atom is -0.481 e. The molecule has 0 bridgehead atoms. The van der Waals surface area contributed by atoms with Crippen LogP contribution in [0.5, 0.6) is 0 Å². The van der Waals surface area contributed by atoms with E-state index in [2.05, 4.69) is 24.5 Å². The Labute approximate surface area is 115 Å². The maximum absolute atomic E-state index is 11.6. The molecule has 1 aliphatic rings. The van der Waals surface area contributed by atoms with E-state index in [9.17, 15) is 9.59 Å². The Morgan fingerprint density at radius 1 is 1.21 bits per heavy atom. The fourth-order valence-electron chi connectivity index (χ4n) is 2.17. The molecular formula is C14H26N2O3. The topological polar surface area (TPSA) is 78.4 Å². The Morgan fingerprint density at radius 2 is 1.84 bits per heavy atom. The van der Waals surface area contributed by atoms with Crippen LogP contribution >= 0.6 is 0 Å². The van der Waals surface area contributed by atoms with Crippen molar-refractivity contribution in [3.05, 3.63) is 0 Å². The number of carbonyl (C=O) groups excluding carboxylic acids is 1. The number of rotatable bonds is 8. The third-order valence-corrected chi connectivity index (χ3v) is 4.24. The lowest BCUT2D eigenvalue weighted by atomic mass is 9.92. The van der Waals surface area contributed by atoms with Crippen LogP contribution in [0.3, 0.4) is 0 Å². The van der Waals surface area contributed by atoms with Crippen LogP contribution in [0.1, 0.15) is 46.5 Å². The standard InChI is InChI=1S/C14H26N2O3/c1-10(2)14(6-7-14)9-16-13(19)15-8-4-5-11(3)12(17)18/h10-11H,4-9H2,1-3H3,(H,17,18)(H2,15,16,19). The zero-order valence-corrected chi connectivity index (χ0v) is 12.2. The SMILES string of the molecule is CC(CCCNC(=O)NCC1(C(C)C)CC1)C(=O)O. The number of amides is 2. The van der Waals surface area contributed by atoms with Crippen molar-refractivity contribution in [2.24, 2.45) is 17.3 Å². The average molecular weight is 270 g/mol. The second-order valence-corrected chi connectivity index (χ2v) is 6.01. The van der Waals surface area contributed by atoms with Gasteiger partial charge >= 0.3 is 12.0 Å². The zero-order valence-electron chi connectivity index (χ0n) is 12.2. The lowest BCUT2D eigenvalue weighted by Gasteiger charge is -2.20. The van der Waals surface area contributed by atoms with Gasteiger partial charge in [-0.3, -0.25) is 4.79 Å². The molecule has 0 radical (unpaired) electrons. The molecule has 0 aromatic carbocycles. The van der Waals surface area contributed by atoms with Gasteiger partial charge in [0.05, 0.1) is 5.92 Å². The van der Waals surface area contributed by atoms with Gasteiger partial charge in [0, 0.05) is 13.1 Å². The molecule has 0 spiro atoms. The summed E-state index contributed by atoms with van der Waals surface area (Å²) >= 11 is 0. The van der Waals surface area contributed by atoms with E-state index in [1.807, 2.05) is 0 Å². The average Bonchev–Trinajstić information content (AvgIpc) is 3.12. The van der Waals surface area contributed by atoms with Crippen molar-refractivity contribution in [3.63, 3.8) is 0 Å². The molecule has 19 heavy (non-hydrogen) atoms. The highest BCUT2D eigenvalue weighted by Crippen LogP contribution is 2.51. The quantitative estimate of drug-likeness (QED) is 0.592. The van der Waals surface area contributed by atoms with Crippen LogP contribution in [-0.2, 0) is 4.79 Å². The minimum atomic E-state index is -0.780. The molecule has 1 fully saturated rings. The summed E-state index contributed by atoms with van der Waals surface area (Å²) in [5, 5.41) is 14.4. The van der Waals surface area contributed by atoms with Crippen molar-refractivity contribution >= 4 is 12.0 Å². The van der Waals surface area contributed by atoms with Crippen LogP contribution in [0.2, 0.25) is 0 Å². The molecule has 1 saturated carbocycles. The second kappa shape index (κ2) is 6.78. The summed E-state index contributed by atoms with van der Waals surface area (Å²) < 4.78 is 0. The first kappa shape index (κ1) is 15.8. The number of nitrogens with one attached hydrogen (secondary N) is 2. The van der Waals surface area contributed by atoms with E-state index in [-0.39, 0.29) is 11.9 Å². The summed E-state index contributed by atoms with van der Waals surface area (Å²) in [6.45, 7) is 7.34. The van der Waals surface area contributed by atoms with Gasteiger partial charge < -0.3 is 15.7 Å². The molecule has 1 atom stereocenters. The summed E-state index contributed by atoms with van der Waals surface area (Å²) in [4.78, 5) is 22.2. The largest absolute Gasteiger partial charge is 0.481 e. The van der Waals surface area contributed by atoms with Crippen molar-refractivity contribution in [2.75, 3.05) is 13.1 Å². The lowest BCUT2D eigenvalue weighted by molar-refractivity contribution is -0.141. The fraction of sp³-hybridized carbons (Fsp3) is 0.857. The monoisotopic (exact) mass is 270 g/mol. The zero-order chi connectivity index (χ0) is 14.5. The molecule has 1 aliphatic carbocycles. The number of hydrogen-bond donors (Lipinski definition) is 3. The van der Waals surface area contributed by atoms with Gasteiger partial charge in [-0.05, 0) is 37.0 Å². The normalized spacial score (nSPS) is 17.9. The molecule has 0 aromatic rings. The summed E-state index contributed by atoms with van der Waals surface area (Å²) in [6.07, 6.45) is 3.67. The molecule has 5 nitrogen and oxygen atoms in total. The first-order valence-corrected chi connectivity index (χ1v) is 7.12. The van der Waals surface area contributed by atoms with Crippen LogP contribution in [0.15, 0.2) is 0 Å². The molecular weight excluding hydrogens is 244 g/mol. The molecule has 0 saturated heterocycles. The predicted octanol–water partition coefficient (Wildman–Crippen LogP) is 2.22. The number of carboxylic acid groups (broad SMARTS) is 1. The third-order valence-electron chi connectivity index (χ3n) is 4.24.